The molecule has 0 aromatic rings. The standard InChI is InChI=1S/C10H12N5O7P.Na/c11-10-13-7-4(8(17)14-10)12-2-15(7)9-6-5(3(1-16)20-9)21-23(18,19)22-6;/h2-6,9,16H,1H2,(H,18,19)(H2,11,14,17);/q;+1/p-1. The molecule has 4 rings (SSSR count). The maximum atomic E-state index is 11.8. The van der Waals surface area contributed by atoms with Crippen molar-refractivity contribution in [2.24, 2.45) is 9.98 Å². The van der Waals surface area contributed by atoms with Gasteiger partial charge in [0, 0.05) is 0 Å². The first-order chi connectivity index (χ1) is 10.9. The number of rotatable bonds is 2. The van der Waals surface area contributed by atoms with Gasteiger partial charge in [0.15, 0.2) is 18.1 Å². The molecule has 2 saturated heterocycles. The Kier molecular flexibility index (Phi) is 4.71. The molecule has 12 nitrogen and oxygen atoms in total. The van der Waals surface area contributed by atoms with E-state index in [2.05, 4.69) is 15.3 Å². The molecule has 6 atom stereocenters. The van der Waals surface area contributed by atoms with E-state index in [1.165, 1.54) is 11.2 Å². The molecule has 14 heteroatoms. The number of nitrogens with one attached hydrogen (secondary N) is 2. The average molecular weight is 367 g/mol. The third-order valence-electron chi connectivity index (χ3n) is 3.81. The number of nitrogens with zero attached hydrogens (tertiary/aromatic N) is 3. The largest absolute Gasteiger partial charge is 1.00 e. The van der Waals surface area contributed by atoms with E-state index in [0.717, 1.165) is 0 Å². The predicted octanol–water partition coefficient (Wildman–Crippen LogP) is -5.86. The van der Waals surface area contributed by atoms with E-state index in [0.29, 0.717) is 0 Å². The van der Waals surface area contributed by atoms with Gasteiger partial charge in [0.05, 0.1) is 12.9 Å². The molecule has 4 aliphatic heterocycles. The molecule has 124 valence electrons. The Bertz CT molecular complexity index is 701. The summed E-state index contributed by atoms with van der Waals surface area (Å²) in [7, 11) is -4.48. The quantitative estimate of drug-likeness (QED) is 0.320. The molecule has 6 unspecified atom stereocenters. The minimum absolute atomic E-state index is 0. The normalized spacial score (nSPS) is 43.2. The summed E-state index contributed by atoms with van der Waals surface area (Å²) in [4.78, 5) is 32.5. The summed E-state index contributed by atoms with van der Waals surface area (Å²) in [5, 5.41) is 19.0. The number of amides is 1. The van der Waals surface area contributed by atoms with Crippen LogP contribution in [0.3, 0.4) is 0 Å². The Balaban J connectivity index is 0.00000169. The first kappa shape index (κ1) is 18.1. The van der Waals surface area contributed by atoms with Gasteiger partial charge in [-0.05, 0) is 0 Å². The van der Waals surface area contributed by atoms with Crippen molar-refractivity contribution in [1.29, 1.82) is 5.41 Å². The molecule has 0 aliphatic carbocycles. The van der Waals surface area contributed by atoms with Crippen LogP contribution >= 0.6 is 7.82 Å². The number of carbonyl (C=O) groups excluding carboxylic acids is 1. The van der Waals surface area contributed by atoms with E-state index in [1.54, 1.807) is 0 Å². The minimum Gasteiger partial charge on any atom is -0.756 e. The molecule has 0 aromatic carbocycles. The molecular weight excluding hydrogens is 356 g/mol. The topological polar surface area (TPSA) is 169 Å². The van der Waals surface area contributed by atoms with E-state index in [4.69, 9.17) is 19.2 Å². The Morgan fingerprint density at radius 2 is 2.17 bits per heavy atom. The van der Waals surface area contributed by atoms with Gasteiger partial charge in [0.25, 0.3) is 13.7 Å². The Morgan fingerprint density at radius 3 is 2.88 bits per heavy atom. The summed E-state index contributed by atoms with van der Waals surface area (Å²) in [5.74, 6) is -0.759. The monoisotopic (exact) mass is 367 g/mol. The summed E-state index contributed by atoms with van der Waals surface area (Å²) in [6.45, 7) is -0.474. The summed E-state index contributed by atoms with van der Waals surface area (Å²) in [6, 6.07) is -0.944. The number of amidine groups is 1. The van der Waals surface area contributed by atoms with Crippen LogP contribution in [-0.2, 0) is 23.1 Å². The SMILES string of the molecule is N=C1N=C2C(N=CN2C2OC(CO)C3OP(=O)([O-])OC32)C(=O)N1.[Na+]. The number of hydrogen-bond acceptors (Lipinski definition) is 10. The third kappa shape index (κ3) is 2.77. The molecule has 24 heavy (non-hydrogen) atoms. The molecular formula is C10H11N5NaO7P. The van der Waals surface area contributed by atoms with Crippen LogP contribution in [0.25, 0.3) is 0 Å². The first-order valence-electron chi connectivity index (χ1n) is 6.63. The minimum atomic E-state index is -4.48. The fraction of sp³-hybridized carbons (Fsp3) is 0.600. The molecule has 4 heterocycles. The van der Waals surface area contributed by atoms with Gasteiger partial charge in [0.1, 0.15) is 18.3 Å². The number of aliphatic hydroxyl groups is 1. The van der Waals surface area contributed by atoms with E-state index in [9.17, 15) is 19.4 Å². The van der Waals surface area contributed by atoms with Gasteiger partial charge in [-0.25, -0.2) is 0 Å². The van der Waals surface area contributed by atoms with Crippen molar-refractivity contribution in [3.05, 3.63) is 0 Å². The predicted molar refractivity (Wildman–Crippen MR) is 70.5 cm³/mol. The smallest absolute Gasteiger partial charge is 0.756 e. The van der Waals surface area contributed by atoms with Gasteiger partial charge in [-0.3, -0.25) is 30.0 Å². The molecule has 0 bridgehead atoms. The fourth-order valence-electron chi connectivity index (χ4n) is 2.87. The fourth-order valence-corrected chi connectivity index (χ4v) is 4.00. The molecule has 0 spiro atoms. The van der Waals surface area contributed by atoms with Crippen molar-refractivity contribution in [1.82, 2.24) is 10.2 Å². The summed E-state index contributed by atoms with van der Waals surface area (Å²) < 4.78 is 26.8. The number of carbonyl (C=O) groups is 1. The zero-order valence-electron chi connectivity index (χ0n) is 12.4. The van der Waals surface area contributed by atoms with E-state index >= 15 is 0 Å². The van der Waals surface area contributed by atoms with Crippen molar-refractivity contribution in [2.75, 3.05) is 6.61 Å². The van der Waals surface area contributed by atoms with E-state index in [-0.39, 0.29) is 41.4 Å². The van der Waals surface area contributed by atoms with E-state index < -0.39 is 50.9 Å². The number of ether oxygens (including phenoxy) is 1. The number of phosphoric acid groups is 1. The molecule has 3 N–H and O–H groups in total. The number of hydrogen-bond donors (Lipinski definition) is 3. The van der Waals surface area contributed by atoms with Crippen LogP contribution in [0.2, 0.25) is 0 Å². The van der Waals surface area contributed by atoms with Gasteiger partial charge in [-0.1, -0.05) is 0 Å². The number of aliphatic imine (C=N–C) groups is 2. The van der Waals surface area contributed by atoms with Crippen molar-refractivity contribution in [3.8, 4) is 0 Å². The third-order valence-corrected chi connectivity index (χ3v) is 4.81. The number of aliphatic hydroxyl groups excluding tert-OH is 1. The van der Waals surface area contributed by atoms with Crippen LogP contribution in [0.5, 0.6) is 0 Å². The van der Waals surface area contributed by atoms with Gasteiger partial charge in [0.2, 0.25) is 5.96 Å². The molecule has 4 aliphatic rings. The molecule has 0 aromatic heterocycles. The zero-order valence-corrected chi connectivity index (χ0v) is 15.3. The van der Waals surface area contributed by atoms with Crippen LogP contribution < -0.4 is 39.8 Å². The maximum absolute atomic E-state index is 11.8. The summed E-state index contributed by atoms with van der Waals surface area (Å²) in [6.07, 6.45) is -2.70. The molecule has 0 saturated carbocycles. The van der Waals surface area contributed by atoms with Crippen LogP contribution in [0, 0.1) is 5.41 Å². The van der Waals surface area contributed by atoms with Crippen LogP contribution in [0.15, 0.2) is 9.98 Å². The van der Waals surface area contributed by atoms with Crippen LogP contribution in [-0.4, -0.2) is 71.2 Å². The summed E-state index contributed by atoms with van der Waals surface area (Å²) >= 11 is 0. The second kappa shape index (κ2) is 6.24. The first-order valence-corrected chi connectivity index (χ1v) is 8.09. The van der Waals surface area contributed by atoms with Gasteiger partial charge in [-0.2, -0.15) is 4.99 Å². The van der Waals surface area contributed by atoms with Gasteiger partial charge >= 0.3 is 29.6 Å². The Morgan fingerprint density at radius 1 is 1.46 bits per heavy atom. The van der Waals surface area contributed by atoms with Crippen molar-refractivity contribution in [2.45, 2.75) is 30.6 Å². The van der Waals surface area contributed by atoms with Crippen molar-refractivity contribution >= 4 is 31.9 Å². The Hall–Kier alpha value is -0.690. The van der Waals surface area contributed by atoms with Crippen molar-refractivity contribution in [3.63, 3.8) is 0 Å². The molecule has 1 amide bonds. The molecule has 2 fully saturated rings. The Labute approximate surface area is 157 Å². The zero-order chi connectivity index (χ0) is 16.4. The second-order valence-electron chi connectivity index (χ2n) is 5.22. The number of fused-ring (bicyclic) bond motifs is 2. The van der Waals surface area contributed by atoms with Gasteiger partial charge in [-0.15, -0.1) is 0 Å². The van der Waals surface area contributed by atoms with Gasteiger partial charge < -0.3 is 23.8 Å². The number of phosphoric ester groups is 1. The molecule has 0 radical (unpaired) electrons. The second-order valence-corrected chi connectivity index (χ2v) is 6.53. The van der Waals surface area contributed by atoms with Crippen molar-refractivity contribution < 1.29 is 62.7 Å². The van der Waals surface area contributed by atoms with Crippen LogP contribution in [0.4, 0.5) is 0 Å². The summed E-state index contributed by atoms with van der Waals surface area (Å²) in [5.41, 5.74) is 0. The van der Waals surface area contributed by atoms with E-state index in [1.807, 2.05) is 0 Å². The van der Waals surface area contributed by atoms with Crippen LogP contribution in [0.1, 0.15) is 0 Å². The maximum Gasteiger partial charge on any atom is 1.00 e. The average Bonchev–Trinajstić information content (AvgIpc) is 3.09. The number of guanidine groups is 1.